The van der Waals surface area contributed by atoms with E-state index in [1.165, 1.54) is 17.2 Å². The first-order chi connectivity index (χ1) is 8.63. The van der Waals surface area contributed by atoms with Gasteiger partial charge in [0, 0.05) is 18.1 Å². The van der Waals surface area contributed by atoms with Crippen LogP contribution >= 0.6 is 0 Å². The lowest BCUT2D eigenvalue weighted by Crippen LogP contribution is -2.20. The van der Waals surface area contributed by atoms with Gasteiger partial charge in [-0.25, -0.2) is 4.98 Å². The highest BCUT2D eigenvalue weighted by Gasteiger charge is 2.06. The van der Waals surface area contributed by atoms with Crippen LogP contribution in [0.1, 0.15) is 25.3 Å². The molecule has 0 saturated heterocycles. The molecule has 0 unspecified atom stereocenters. The molecule has 2 aromatic rings. The van der Waals surface area contributed by atoms with Crippen molar-refractivity contribution in [3.05, 3.63) is 52.6 Å². The van der Waals surface area contributed by atoms with E-state index in [1.807, 2.05) is 24.3 Å². The van der Waals surface area contributed by atoms with E-state index in [-0.39, 0.29) is 11.4 Å². The summed E-state index contributed by atoms with van der Waals surface area (Å²) in [4.78, 5) is 15.9. The molecular formula is C14H16N2O2. The number of ether oxygens (including phenoxy) is 1. The van der Waals surface area contributed by atoms with Crippen molar-refractivity contribution in [1.29, 1.82) is 0 Å². The molecule has 0 aliphatic carbocycles. The van der Waals surface area contributed by atoms with Gasteiger partial charge in [0.15, 0.2) is 0 Å². The van der Waals surface area contributed by atoms with E-state index in [0.717, 1.165) is 5.69 Å². The number of aromatic nitrogens is 2. The summed E-state index contributed by atoms with van der Waals surface area (Å²) >= 11 is 0. The lowest BCUT2D eigenvalue weighted by Gasteiger charge is -2.09. The number of hydrogen-bond donors (Lipinski definition) is 0. The third-order valence-corrected chi connectivity index (χ3v) is 2.84. The van der Waals surface area contributed by atoms with Crippen LogP contribution in [0.4, 0.5) is 0 Å². The number of rotatable bonds is 3. The molecule has 4 nitrogen and oxygen atoms in total. The van der Waals surface area contributed by atoms with E-state index < -0.39 is 0 Å². The zero-order chi connectivity index (χ0) is 13.1. The summed E-state index contributed by atoms with van der Waals surface area (Å²) < 4.78 is 6.45. The molecule has 0 aliphatic rings. The Morgan fingerprint density at radius 2 is 1.89 bits per heavy atom. The molecule has 18 heavy (non-hydrogen) atoms. The third-order valence-electron chi connectivity index (χ3n) is 2.84. The SMILES string of the molecule is COc1nccn(-c2ccc(C(C)C)cc2)c1=O. The number of benzene rings is 1. The zero-order valence-corrected chi connectivity index (χ0v) is 10.8. The third kappa shape index (κ3) is 2.27. The lowest BCUT2D eigenvalue weighted by molar-refractivity contribution is 0.388. The maximum atomic E-state index is 12.0. The van der Waals surface area contributed by atoms with E-state index in [0.29, 0.717) is 5.92 Å². The molecule has 0 spiro atoms. The van der Waals surface area contributed by atoms with Crippen molar-refractivity contribution in [1.82, 2.24) is 9.55 Å². The standard InChI is InChI=1S/C14H16N2O2/c1-10(2)11-4-6-12(7-5-11)16-9-8-15-13(18-3)14(16)17/h4-10H,1-3H3. The Morgan fingerprint density at radius 3 is 2.44 bits per heavy atom. The van der Waals surface area contributed by atoms with Gasteiger partial charge in [0.2, 0.25) is 0 Å². The van der Waals surface area contributed by atoms with Crippen molar-refractivity contribution >= 4 is 0 Å². The highest BCUT2D eigenvalue weighted by Crippen LogP contribution is 2.16. The second-order valence-electron chi connectivity index (χ2n) is 4.36. The van der Waals surface area contributed by atoms with Gasteiger partial charge in [-0.3, -0.25) is 9.36 Å². The van der Waals surface area contributed by atoms with Crippen molar-refractivity contribution in [3.8, 4) is 11.6 Å². The summed E-state index contributed by atoms with van der Waals surface area (Å²) in [6.45, 7) is 4.27. The Bertz CT molecular complexity index is 585. The molecule has 0 bridgehead atoms. The molecule has 0 fully saturated rings. The zero-order valence-electron chi connectivity index (χ0n) is 10.8. The predicted octanol–water partition coefficient (Wildman–Crippen LogP) is 2.36. The van der Waals surface area contributed by atoms with Gasteiger partial charge in [-0.2, -0.15) is 0 Å². The van der Waals surface area contributed by atoms with Gasteiger partial charge in [0.25, 0.3) is 5.88 Å². The number of methoxy groups -OCH3 is 1. The topological polar surface area (TPSA) is 44.1 Å². The first-order valence-electron chi connectivity index (χ1n) is 5.85. The van der Waals surface area contributed by atoms with Crippen LogP contribution < -0.4 is 10.3 Å². The average molecular weight is 244 g/mol. The minimum Gasteiger partial charge on any atom is -0.477 e. The molecule has 0 amide bonds. The van der Waals surface area contributed by atoms with Crippen LogP contribution in [-0.2, 0) is 0 Å². The molecular weight excluding hydrogens is 228 g/mol. The molecule has 0 saturated carbocycles. The van der Waals surface area contributed by atoms with Gasteiger partial charge in [0.05, 0.1) is 7.11 Å². The van der Waals surface area contributed by atoms with Gasteiger partial charge in [-0.15, -0.1) is 0 Å². The van der Waals surface area contributed by atoms with E-state index in [9.17, 15) is 4.79 Å². The Balaban J connectivity index is 2.46. The molecule has 1 aromatic heterocycles. The maximum Gasteiger partial charge on any atom is 0.317 e. The first kappa shape index (κ1) is 12.4. The first-order valence-corrected chi connectivity index (χ1v) is 5.85. The fourth-order valence-corrected chi connectivity index (χ4v) is 1.76. The molecule has 1 heterocycles. The van der Waals surface area contributed by atoms with Gasteiger partial charge in [0.1, 0.15) is 0 Å². The molecule has 0 aliphatic heterocycles. The Morgan fingerprint density at radius 1 is 1.22 bits per heavy atom. The van der Waals surface area contributed by atoms with E-state index in [2.05, 4.69) is 18.8 Å². The highest BCUT2D eigenvalue weighted by atomic mass is 16.5. The fraction of sp³-hybridized carbons (Fsp3) is 0.286. The Hall–Kier alpha value is -2.10. The van der Waals surface area contributed by atoms with Crippen LogP contribution in [0.3, 0.4) is 0 Å². The van der Waals surface area contributed by atoms with Gasteiger partial charge in [-0.1, -0.05) is 26.0 Å². The maximum absolute atomic E-state index is 12.0. The van der Waals surface area contributed by atoms with Crippen LogP contribution in [0.5, 0.6) is 5.88 Å². The summed E-state index contributed by atoms with van der Waals surface area (Å²) in [5.41, 5.74) is 1.80. The second kappa shape index (κ2) is 5.04. The van der Waals surface area contributed by atoms with Crippen LogP contribution in [0.15, 0.2) is 41.5 Å². The minimum atomic E-state index is -0.253. The van der Waals surface area contributed by atoms with Crippen LogP contribution in [0.25, 0.3) is 5.69 Å². The van der Waals surface area contributed by atoms with Crippen LogP contribution in [0, 0.1) is 0 Å². The van der Waals surface area contributed by atoms with Crippen molar-refractivity contribution in [2.75, 3.05) is 7.11 Å². The number of nitrogens with zero attached hydrogens (tertiary/aromatic N) is 2. The fourth-order valence-electron chi connectivity index (χ4n) is 1.76. The average Bonchev–Trinajstić information content (AvgIpc) is 2.39. The normalized spacial score (nSPS) is 10.7. The Labute approximate surface area is 106 Å². The minimum absolute atomic E-state index is 0.102. The number of hydrogen-bond acceptors (Lipinski definition) is 3. The quantitative estimate of drug-likeness (QED) is 0.832. The summed E-state index contributed by atoms with van der Waals surface area (Å²) in [6, 6.07) is 7.91. The van der Waals surface area contributed by atoms with Gasteiger partial charge >= 0.3 is 5.56 Å². The summed E-state index contributed by atoms with van der Waals surface area (Å²) in [6.07, 6.45) is 3.19. The van der Waals surface area contributed by atoms with E-state index in [1.54, 1.807) is 12.4 Å². The van der Waals surface area contributed by atoms with Crippen molar-refractivity contribution < 1.29 is 4.74 Å². The monoisotopic (exact) mass is 244 g/mol. The van der Waals surface area contributed by atoms with Gasteiger partial charge < -0.3 is 4.74 Å². The molecule has 1 aromatic carbocycles. The summed E-state index contributed by atoms with van der Waals surface area (Å²) in [5.74, 6) is 0.577. The predicted molar refractivity (Wildman–Crippen MR) is 70.5 cm³/mol. The summed E-state index contributed by atoms with van der Waals surface area (Å²) in [5, 5.41) is 0. The molecule has 0 atom stereocenters. The second-order valence-corrected chi connectivity index (χ2v) is 4.36. The molecule has 94 valence electrons. The van der Waals surface area contributed by atoms with Crippen molar-refractivity contribution in [2.24, 2.45) is 0 Å². The molecule has 2 rings (SSSR count). The smallest absolute Gasteiger partial charge is 0.317 e. The van der Waals surface area contributed by atoms with Crippen molar-refractivity contribution in [3.63, 3.8) is 0 Å². The summed E-state index contributed by atoms with van der Waals surface area (Å²) in [7, 11) is 1.44. The Kier molecular flexibility index (Phi) is 3.46. The lowest BCUT2D eigenvalue weighted by atomic mass is 10.0. The highest BCUT2D eigenvalue weighted by molar-refractivity contribution is 5.36. The van der Waals surface area contributed by atoms with Crippen molar-refractivity contribution in [2.45, 2.75) is 19.8 Å². The largest absolute Gasteiger partial charge is 0.477 e. The van der Waals surface area contributed by atoms with E-state index >= 15 is 0 Å². The van der Waals surface area contributed by atoms with Crippen LogP contribution in [-0.4, -0.2) is 16.7 Å². The molecule has 4 heteroatoms. The molecule has 0 N–H and O–H groups in total. The van der Waals surface area contributed by atoms with Gasteiger partial charge in [-0.05, 0) is 23.6 Å². The molecule has 0 radical (unpaired) electrons. The van der Waals surface area contributed by atoms with E-state index in [4.69, 9.17) is 4.74 Å². The van der Waals surface area contributed by atoms with Crippen LogP contribution in [0.2, 0.25) is 0 Å².